The molecule has 0 aliphatic carbocycles. The third-order valence-corrected chi connectivity index (χ3v) is 4.31. The van der Waals surface area contributed by atoms with Crippen molar-refractivity contribution in [2.24, 2.45) is 0 Å². The van der Waals surface area contributed by atoms with Crippen LogP contribution in [0.25, 0.3) is 0 Å². The third-order valence-electron chi connectivity index (χ3n) is 2.87. The highest BCUT2D eigenvalue weighted by molar-refractivity contribution is 7.89. The van der Waals surface area contributed by atoms with Crippen LogP contribution in [-0.2, 0) is 21.2 Å². The van der Waals surface area contributed by atoms with Crippen LogP contribution in [0.3, 0.4) is 0 Å². The number of sulfonamides is 1. The molecule has 5 nitrogen and oxygen atoms in total. The summed E-state index contributed by atoms with van der Waals surface area (Å²) >= 11 is 0. The summed E-state index contributed by atoms with van der Waals surface area (Å²) in [5, 5.41) is 8.76. The number of hydrogen-bond acceptors (Lipinski definition) is 4. The molecule has 1 rings (SSSR count). The summed E-state index contributed by atoms with van der Waals surface area (Å²) in [6, 6.07) is 6.72. The summed E-state index contributed by atoms with van der Waals surface area (Å²) in [4.78, 5) is 0.244. The molecule has 0 saturated heterocycles. The lowest BCUT2D eigenvalue weighted by molar-refractivity contribution is 0.0799. The number of aliphatic hydroxyl groups excluding tert-OH is 1. The van der Waals surface area contributed by atoms with Gasteiger partial charge in [0.1, 0.15) is 0 Å². The van der Waals surface area contributed by atoms with Crippen molar-refractivity contribution >= 4 is 10.0 Å². The fourth-order valence-electron chi connectivity index (χ4n) is 1.77. The Kier molecular flexibility index (Phi) is 7.15. The molecule has 0 spiro atoms. The lowest BCUT2D eigenvalue weighted by Crippen LogP contribution is -2.32. The van der Waals surface area contributed by atoms with Gasteiger partial charge in [-0.25, -0.2) is 13.1 Å². The zero-order valence-corrected chi connectivity index (χ0v) is 12.8. The molecule has 0 amide bonds. The Morgan fingerprint density at radius 2 is 1.95 bits per heavy atom. The molecule has 0 heterocycles. The van der Waals surface area contributed by atoms with E-state index in [0.29, 0.717) is 13.0 Å². The molecule has 6 heteroatoms. The first kappa shape index (κ1) is 17.1. The molecule has 1 aromatic rings. The van der Waals surface area contributed by atoms with Crippen molar-refractivity contribution in [2.45, 2.75) is 37.7 Å². The Hall–Kier alpha value is -0.950. The highest BCUT2D eigenvalue weighted by Gasteiger charge is 2.14. The first-order valence-electron chi connectivity index (χ1n) is 6.80. The molecule has 1 unspecified atom stereocenters. The molecule has 0 aliphatic heterocycles. The number of aryl methyl sites for hydroxylation is 1. The topological polar surface area (TPSA) is 75.6 Å². The minimum atomic E-state index is -3.49. The van der Waals surface area contributed by atoms with E-state index in [1.54, 1.807) is 24.3 Å². The van der Waals surface area contributed by atoms with E-state index < -0.39 is 10.0 Å². The van der Waals surface area contributed by atoms with Gasteiger partial charge in [-0.2, -0.15) is 0 Å². The van der Waals surface area contributed by atoms with Crippen LogP contribution in [0.15, 0.2) is 29.2 Å². The summed E-state index contributed by atoms with van der Waals surface area (Å²) < 4.78 is 31.9. The summed E-state index contributed by atoms with van der Waals surface area (Å²) in [5.41, 5.74) is 1.01. The van der Waals surface area contributed by atoms with Crippen molar-refractivity contribution in [2.75, 3.05) is 19.8 Å². The molecule has 0 fully saturated rings. The van der Waals surface area contributed by atoms with Gasteiger partial charge < -0.3 is 9.84 Å². The van der Waals surface area contributed by atoms with Gasteiger partial charge in [-0.15, -0.1) is 0 Å². The van der Waals surface area contributed by atoms with Gasteiger partial charge in [-0.1, -0.05) is 12.1 Å². The van der Waals surface area contributed by atoms with Crippen LogP contribution in [0.4, 0.5) is 0 Å². The van der Waals surface area contributed by atoms with Crippen molar-refractivity contribution in [1.82, 2.24) is 4.72 Å². The van der Waals surface area contributed by atoms with Gasteiger partial charge in [0, 0.05) is 19.8 Å². The van der Waals surface area contributed by atoms with E-state index in [9.17, 15) is 8.42 Å². The summed E-state index contributed by atoms with van der Waals surface area (Å²) in [7, 11) is -3.49. The van der Waals surface area contributed by atoms with E-state index in [4.69, 9.17) is 9.84 Å². The Morgan fingerprint density at radius 3 is 2.50 bits per heavy atom. The Morgan fingerprint density at radius 1 is 1.30 bits per heavy atom. The van der Waals surface area contributed by atoms with E-state index in [0.717, 1.165) is 12.0 Å². The molecule has 0 radical (unpaired) electrons. The van der Waals surface area contributed by atoms with Crippen LogP contribution in [0, 0.1) is 0 Å². The predicted octanol–water partition coefficient (Wildman–Crippen LogP) is 1.31. The zero-order valence-electron chi connectivity index (χ0n) is 12.0. The summed E-state index contributed by atoms with van der Waals surface area (Å²) in [5.74, 6) is 0. The maximum absolute atomic E-state index is 12.1. The highest BCUT2D eigenvalue weighted by Crippen LogP contribution is 2.11. The molecule has 0 aromatic heterocycles. The lowest BCUT2D eigenvalue weighted by Gasteiger charge is -2.13. The SMILES string of the molecule is CCOC(C)CNS(=O)(=O)c1ccc(CCCO)cc1. The second-order valence-electron chi connectivity index (χ2n) is 4.59. The van der Waals surface area contributed by atoms with Crippen molar-refractivity contribution in [3.05, 3.63) is 29.8 Å². The largest absolute Gasteiger partial charge is 0.396 e. The van der Waals surface area contributed by atoms with Crippen LogP contribution in [0.2, 0.25) is 0 Å². The van der Waals surface area contributed by atoms with Gasteiger partial charge in [0.05, 0.1) is 11.0 Å². The van der Waals surface area contributed by atoms with Crippen molar-refractivity contribution in [3.8, 4) is 0 Å². The maximum atomic E-state index is 12.1. The molecule has 2 N–H and O–H groups in total. The zero-order chi connectivity index (χ0) is 15.0. The monoisotopic (exact) mass is 301 g/mol. The van der Waals surface area contributed by atoms with Crippen LogP contribution in [0.5, 0.6) is 0 Å². The molecule has 20 heavy (non-hydrogen) atoms. The number of aliphatic hydroxyl groups is 1. The number of nitrogens with one attached hydrogen (secondary N) is 1. The highest BCUT2D eigenvalue weighted by atomic mass is 32.2. The van der Waals surface area contributed by atoms with Gasteiger partial charge in [0.25, 0.3) is 0 Å². The van der Waals surface area contributed by atoms with Crippen LogP contribution in [-0.4, -0.2) is 39.4 Å². The van der Waals surface area contributed by atoms with Crippen LogP contribution >= 0.6 is 0 Å². The summed E-state index contributed by atoms with van der Waals surface area (Å²) in [6.45, 7) is 4.64. The van der Waals surface area contributed by atoms with E-state index in [-0.39, 0.29) is 24.2 Å². The van der Waals surface area contributed by atoms with E-state index in [2.05, 4.69) is 4.72 Å². The number of benzene rings is 1. The fraction of sp³-hybridized carbons (Fsp3) is 0.571. The quantitative estimate of drug-likeness (QED) is 0.721. The van der Waals surface area contributed by atoms with E-state index in [1.807, 2.05) is 13.8 Å². The maximum Gasteiger partial charge on any atom is 0.240 e. The molecule has 114 valence electrons. The standard InChI is InChI=1S/C14H23NO4S/c1-3-19-12(2)11-15-20(17,18)14-8-6-13(7-9-14)5-4-10-16/h6-9,12,15-16H,3-5,10-11H2,1-2H3. The van der Waals surface area contributed by atoms with Crippen molar-refractivity contribution < 1.29 is 18.3 Å². The molecule has 1 aromatic carbocycles. The second-order valence-corrected chi connectivity index (χ2v) is 6.36. The van der Waals surface area contributed by atoms with Gasteiger partial charge >= 0.3 is 0 Å². The van der Waals surface area contributed by atoms with Gasteiger partial charge in [0.2, 0.25) is 10.0 Å². The fourth-order valence-corrected chi connectivity index (χ4v) is 2.89. The van der Waals surface area contributed by atoms with Gasteiger partial charge in [-0.3, -0.25) is 0 Å². The van der Waals surface area contributed by atoms with Crippen LogP contribution < -0.4 is 4.72 Å². The molecular formula is C14H23NO4S. The number of rotatable bonds is 9. The minimum absolute atomic E-state index is 0.136. The van der Waals surface area contributed by atoms with E-state index in [1.165, 1.54) is 0 Å². The molecule has 0 bridgehead atoms. The predicted molar refractivity (Wildman–Crippen MR) is 78.1 cm³/mol. The Bertz CT molecular complexity index is 484. The summed E-state index contributed by atoms with van der Waals surface area (Å²) in [6.07, 6.45) is 1.26. The first-order valence-corrected chi connectivity index (χ1v) is 8.29. The molecular weight excluding hydrogens is 278 g/mol. The average Bonchev–Trinajstić information content (AvgIpc) is 2.44. The average molecular weight is 301 g/mol. The number of hydrogen-bond donors (Lipinski definition) is 2. The van der Waals surface area contributed by atoms with Gasteiger partial charge in [0.15, 0.2) is 0 Å². The third kappa shape index (κ3) is 5.58. The van der Waals surface area contributed by atoms with Crippen molar-refractivity contribution in [3.63, 3.8) is 0 Å². The van der Waals surface area contributed by atoms with Gasteiger partial charge in [-0.05, 0) is 44.4 Å². The second kappa shape index (κ2) is 8.36. The smallest absolute Gasteiger partial charge is 0.240 e. The first-order chi connectivity index (χ1) is 9.49. The van der Waals surface area contributed by atoms with Crippen LogP contribution in [0.1, 0.15) is 25.8 Å². The normalized spacial score (nSPS) is 13.3. The number of ether oxygens (including phenoxy) is 1. The van der Waals surface area contributed by atoms with Crippen molar-refractivity contribution in [1.29, 1.82) is 0 Å². The molecule has 0 aliphatic rings. The Balaban J connectivity index is 2.63. The molecule has 0 saturated carbocycles. The minimum Gasteiger partial charge on any atom is -0.396 e. The lowest BCUT2D eigenvalue weighted by atomic mass is 10.1. The molecule has 1 atom stereocenters. The Labute approximate surface area is 121 Å². The van der Waals surface area contributed by atoms with E-state index >= 15 is 0 Å².